The summed E-state index contributed by atoms with van der Waals surface area (Å²) >= 11 is 8.22. The second-order valence-corrected chi connectivity index (χ2v) is 6.68. The van der Waals surface area contributed by atoms with Crippen LogP contribution < -0.4 is 0 Å². The van der Waals surface area contributed by atoms with Crippen LogP contribution in [0.5, 0.6) is 0 Å². The lowest BCUT2D eigenvalue weighted by Gasteiger charge is -2.06. The first kappa shape index (κ1) is 13.2. The van der Waals surface area contributed by atoms with Crippen molar-refractivity contribution in [1.82, 2.24) is 15.0 Å². The van der Waals surface area contributed by atoms with Gasteiger partial charge in [0.25, 0.3) is 0 Å². The number of aryl methyl sites for hydroxylation is 3. The summed E-state index contributed by atoms with van der Waals surface area (Å²) in [5.74, 6) is 0.643. The number of aromatic nitrogens is 3. The Hall–Kier alpha value is -1.52. The van der Waals surface area contributed by atoms with E-state index in [4.69, 9.17) is 16.6 Å². The third-order valence-electron chi connectivity index (χ3n) is 4.00. The predicted octanol–water partition coefficient (Wildman–Crippen LogP) is 4.46. The number of hydrogen-bond donors (Lipinski definition) is 0. The van der Waals surface area contributed by atoms with Gasteiger partial charge in [0.1, 0.15) is 15.7 Å². The van der Waals surface area contributed by atoms with E-state index in [0.29, 0.717) is 11.0 Å². The summed E-state index contributed by atoms with van der Waals surface area (Å²) in [6.07, 6.45) is 6.15. The SMILES string of the molecule is CCc1cccnc1-c1nc(Cl)c2c3c(sc2n1)CCC3. The number of thiophene rings is 1. The van der Waals surface area contributed by atoms with Gasteiger partial charge in [-0.25, -0.2) is 9.97 Å². The summed E-state index contributed by atoms with van der Waals surface area (Å²) in [7, 11) is 0. The Morgan fingerprint density at radius 1 is 1.29 bits per heavy atom. The molecule has 3 aromatic heterocycles. The maximum atomic E-state index is 6.46. The average Bonchev–Trinajstić information content (AvgIpc) is 3.07. The highest BCUT2D eigenvalue weighted by atomic mass is 35.5. The largest absolute Gasteiger partial charge is 0.253 e. The molecule has 1 aliphatic rings. The van der Waals surface area contributed by atoms with Crippen LogP contribution in [0, 0.1) is 0 Å². The third kappa shape index (κ3) is 2.05. The van der Waals surface area contributed by atoms with Gasteiger partial charge in [-0.1, -0.05) is 24.6 Å². The van der Waals surface area contributed by atoms with E-state index in [1.54, 1.807) is 17.5 Å². The van der Waals surface area contributed by atoms with Gasteiger partial charge in [-0.15, -0.1) is 11.3 Å². The van der Waals surface area contributed by atoms with E-state index in [9.17, 15) is 0 Å². The van der Waals surface area contributed by atoms with E-state index in [1.807, 2.05) is 6.07 Å². The van der Waals surface area contributed by atoms with E-state index in [0.717, 1.165) is 40.7 Å². The molecular formula is C16H14ClN3S. The van der Waals surface area contributed by atoms with Crippen LogP contribution in [0.2, 0.25) is 5.15 Å². The summed E-state index contributed by atoms with van der Waals surface area (Å²) in [4.78, 5) is 16.1. The fraction of sp³-hybridized carbons (Fsp3) is 0.312. The van der Waals surface area contributed by atoms with Crippen molar-refractivity contribution in [3.8, 4) is 11.5 Å². The van der Waals surface area contributed by atoms with E-state index in [1.165, 1.54) is 16.9 Å². The molecule has 0 aliphatic heterocycles. The topological polar surface area (TPSA) is 38.7 Å². The van der Waals surface area contributed by atoms with Crippen LogP contribution in [0.3, 0.4) is 0 Å². The standard InChI is InChI=1S/C16H14ClN3S/c1-2-9-5-4-8-18-13(9)15-19-14(17)12-10-6-3-7-11(10)21-16(12)20-15/h4-5,8H,2-3,6-7H2,1H3. The molecule has 106 valence electrons. The summed E-state index contributed by atoms with van der Waals surface area (Å²) in [6, 6.07) is 4.01. The molecule has 3 heterocycles. The van der Waals surface area contributed by atoms with Gasteiger partial charge >= 0.3 is 0 Å². The van der Waals surface area contributed by atoms with Crippen LogP contribution >= 0.6 is 22.9 Å². The van der Waals surface area contributed by atoms with E-state index >= 15 is 0 Å². The highest BCUT2D eigenvalue weighted by molar-refractivity contribution is 7.19. The van der Waals surface area contributed by atoms with Crippen molar-refractivity contribution in [3.05, 3.63) is 39.5 Å². The first-order valence-electron chi connectivity index (χ1n) is 7.20. The Bertz CT molecular complexity index is 841. The molecule has 21 heavy (non-hydrogen) atoms. The number of rotatable bonds is 2. The van der Waals surface area contributed by atoms with Crippen LogP contribution in [0.25, 0.3) is 21.7 Å². The van der Waals surface area contributed by atoms with Gasteiger partial charge in [0.15, 0.2) is 5.82 Å². The van der Waals surface area contributed by atoms with Crippen molar-refractivity contribution in [2.45, 2.75) is 32.6 Å². The number of fused-ring (bicyclic) bond motifs is 3. The van der Waals surface area contributed by atoms with Crippen LogP contribution in [0.1, 0.15) is 29.3 Å². The van der Waals surface area contributed by atoms with Gasteiger partial charge in [-0.3, -0.25) is 4.98 Å². The van der Waals surface area contributed by atoms with Crippen molar-refractivity contribution in [2.24, 2.45) is 0 Å². The molecule has 0 saturated carbocycles. The average molecular weight is 316 g/mol. The minimum atomic E-state index is 0.571. The Balaban J connectivity index is 1.95. The summed E-state index contributed by atoms with van der Waals surface area (Å²) < 4.78 is 0. The minimum absolute atomic E-state index is 0.571. The van der Waals surface area contributed by atoms with Crippen LogP contribution in [-0.2, 0) is 19.3 Å². The molecule has 0 saturated heterocycles. The molecule has 0 amide bonds. The first-order valence-corrected chi connectivity index (χ1v) is 8.39. The maximum Gasteiger partial charge on any atom is 0.181 e. The Kier molecular flexibility index (Phi) is 3.16. The number of pyridine rings is 1. The molecule has 1 aliphatic carbocycles. The second kappa shape index (κ2) is 5.04. The highest BCUT2D eigenvalue weighted by Crippen LogP contribution is 2.40. The lowest BCUT2D eigenvalue weighted by molar-refractivity contribution is 0.917. The normalized spacial score (nSPS) is 13.8. The molecule has 4 rings (SSSR count). The van der Waals surface area contributed by atoms with Gasteiger partial charge in [0.05, 0.1) is 5.39 Å². The van der Waals surface area contributed by atoms with Gasteiger partial charge < -0.3 is 0 Å². The van der Waals surface area contributed by atoms with Crippen molar-refractivity contribution in [1.29, 1.82) is 0 Å². The molecule has 3 aromatic rings. The molecular weight excluding hydrogens is 302 g/mol. The van der Waals surface area contributed by atoms with E-state index < -0.39 is 0 Å². The fourth-order valence-electron chi connectivity index (χ4n) is 2.98. The van der Waals surface area contributed by atoms with Gasteiger partial charge in [-0.2, -0.15) is 0 Å². The Labute approximate surface area is 132 Å². The number of hydrogen-bond acceptors (Lipinski definition) is 4. The van der Waals surface area contributed by atoms with Crippen LogP contribution in [0.15, 0.2) is 18.3 Å². The lowest BCUT2D eigenvalue weighted by atomic mass is 10.1. The predicted molar refractivity (Wildman–Crippen MR) is 87.1 cm³/mol. The molecule has 0 bridgehead atoms. The van der Waals surface area contributed by atoms with Gasteiger partial charge in [-0.05, 0) is 42.9 Å². The quantitative estimate of drug-likeness (QED) is 0.655. The number of halogens is 1. The maximum absolute atomic E-state index is 6.46. The molecule has 3 nitrogen and oxygen atoms in total. The Morgan fingerprint density at radius 3 is 3.05 bits per heavy atom. The summed E-state index contributed by atoms with van der Waals surface area (Å²) in [5.41, 5.74) is 3.36. The summed E-state index contributed by atoms with van der Waals surface area (Å²) in [5, 5.41) is 1.63. The van der Waals surface area contributed by atoms with E-state index in [-0.39, 0.29) is 0 Å². The molecule has 0 N–H and O–H groups in total. The Morgan fingerprint density at radius 2 is 2.19 bits per heavy atom. The number of nitrogens with zero attached hydrogens (tertiary/aromatic N) is 3. The molecule has 0 unspecified atom stereocenters. The van der Waals surface area contributed by atoms with Crippen molar-refractivity contribution < 1.29 is 0 Å². The molecule has 0 aromatic carbocycles. The zero-order chi connectivity index (χ0) is 14.4. The monoisotopic (exact) mass is 315 g/mol. The smallest absolute Gasteiger partial charge is 0.181 e. The summed E-state index contributed by atoms with van der Waals surface area (Å²) in [6.45, 7) is 2.11. The van der Waals surface area contributed by atoms with Crippen molar-refractivity contribution >= 4 is 33.2 Å². The molecule has 0 radical (unpaired) electrons. The van der Waals surface area contributed by atoms with E-state index in [2.05, 4.69) is 23.0 Å². The molecule has 0 atom stereocenters. The fourth-order valence-corrected chi connectivity index (χ4v) is 4.58. The molecule has 5 heteroatoms. The zero-order valence-corrected chi connectivity index (χ0v) is 13.3. The van der Waals surface area contributed by atoms with Gasteiger partial charge in [0.2, 0.25) is 0 Å². The van der Waals surface area contributed by atoms with Crippen LogP contribution in [0.4, 0.5) is 0 Å². The van der Waals surface area contributed by atoms with Gasteiger partial charge in [0, 0.05) is 11.1 Å². The molecule has 0 spiro atoms. The highest BCUT2D eigenvalue weighted by Gasteiger charge is 2.22. The minimum Gasteiger partial charge on any atom is -0.253 e. The molecule has 0 fully saturated rings. The van der Waals surface area contributed by atoms with Crippen molar-refractivity contribution in [3.63, 3.8) is 0 Å². The zero-order valence-electron chi connectivity index (χ0n) is 11.7. The first-order chi connectivity index (χ1) is 10.3. The van der Waals surface area contributed by atoms with Crippen molar-refractivity contribution in [2.75, 3.05) is 0 Å². The second-order valence-electron chi connectivity index (χ2n) is 5.24. The van der Waals surface area contributed by atoms with Crippen LogP contribution in [-0.4, -0.2) is 15.0 Å². The third-order valence-corrected chi connectivity index (χ3v) is 5.46. The lowest BCUT2D eigenvalue weighted by Crippen LogP contribution is -1.97.